The number of rotatable bonds is 6. The van der Waals surface area contributed by atoms with E-state index in [0.717, 1.165) is 11.1 Å². The lowest BCUT2D eigenvalue weighted by Gasteiger charge is -2.22. The van der Waals surface area contributed by atoms with Gasteiger partial charge in [-0.05, 0) is 18.9 Å². The van der Waals surface area contributed by atoms with Gasteiger partial charge in [0.1, 0.15) is 6.04 Å². The van der Waals surface area contributed by atoms with Crippen LogP contribution in [-0.2, 0) is 14.4 Å². The number of benzodiazepines with no additional fused rings is 1. The Kier molecular flexibility index (Phi) is 6.84. The van der Waals surface area contributed by atoms with Crippen molar-refractivity contribution in [3.8, 4) is 0 Å². The maximum atomic E-state index is 13.1. The van der Waals surface area contributed by atoms with Gasteiger partial charge in [0.05, 0.1) is 11.4 Å². The number of carbonyl (C=O) groups is 3. The Hall–Kier alpha value is -3.48. The molecule has 2 atom stereocenters. The van der Waals surface area contributed by atoms with E-state index in [9.17, 15) is 14.4 Å². The molecule has 2 N–H and O–H groups in total. The van der Waals surface area contributed by atoms with E-state index in [-0.39, 0.29) is 17.7 Å². The number of likely N-dealkylation sites (N-methyl/N-ethyl adjacent to an activating group) is 1. The van der Waals surface area contributed by atoms with Crippen molar-refractivity contribution in [1.82, 2.24) is 10.6 Å². The SMILES string of the molecule is CC(C)CC(=O)N[C@@H](C)C(=O)NC1N=C(c2ccccc2)c2ccccc2N(C)C1=O. The van der Waals surface area contributed by atoms with Crippen molar-refractivity contribution in [1.29, 1.82) is 0 Å². The molecule has 31 heavy (non-hydrogen) atoms. The highest BCUT2D eigenvalue weighted by atomic mass is 16.2. The molecule has 1 aliphatic heterocycles. The second-order valence-electron chi connectivity index (χ2n) is 8.06. The summed E-state index contributed by atoms with van der Waals surface area (Å²) in [5.41, 5.74) is 2.98. The quantitative estimate of drug-likeness (QED) is 0.752. The number of benzene rings is 2. The van der Waals surface area contributed by atoms with Crippen LogP contribution >= 0.6 is 0 Å². The van der Waals surface area contributed by atoms with Crippen molar-refractivity contribution in [3.63, 3.8) is 0 Å². The first-order valence-electron chi connectivity index (χ1n) is 10.4. The Balaban J connectivity index is 1.90. The van der Waals surface area contributed by atoms with Crippen molar-refractivity contribution in [2.24, 2.45) is 10.9 Å². The highest BCUT2D eigenvalue weighted by Gasteiger charge is 2.32. The Morgan fingerprint density at radius 2 is 1.68 bits per heavy atom. The first kappa shape index (κ1) is 22.2. The molecule has 0 aliphatic carbocycles. The zero-order chi connectivity index (χ0) is 22.5. The summed E-state index contributed by atoms with van der Waals surface area (Å²) in [5.74, 6) is -0.842. The Morgan fingerprint density at radius 1 is 1.03 bits per heavy atom. The minimum Gasteiger partial charge on any atom is -0.345 e. The molecule has 1 heterocycles. The molecule has 2 aromatic carbocycles. The summed E-state index contributed by atoms with van der Waals surface area (Å²) in [7, 11) is 1.66. The molecule has 3 amide bonds. The molecule has 1 unspecified atom stereocenters. The minimum absolute atomic E-state index is 0.184. The highest BCUT2D eigenvalue weighted by Crippen LogP contribution is 2.27. The van der Waals surface area contributed by atoms with Crippen LogP contribution in [0.5, 0.6) is 0 Å². The number of aliphatic imine (C=N–C) groups is 1. The first-order valence-corrected chi connectivity index (χ1v) is 10.4. The third kappa shape index (κ3) is 5.17. The molecule has 0 saturated heterocycles. The molecule has 2 aromatic rings. The lowest BCUT2D eigenvalue weighted by atomic mass is 10.0. The largest absolute Gasteiger partial charge is 0.345 e. The van der Waals surface area contributed by atoms with Crippen molar-refractivity contribution < 1.29 is 14.4 Å². The van der Waals surface area contributed by atoms with Crippen LogP contribution in [0.3, 0.4) is 0 Å². The summed E-state index contributed by atoms with van der Waals surface area (Å²) in [6.07, 6.45) is -0.779. The van der Waals surface area contributed by atoms with E-state index in [4.69, 9.17) is 0 Å². The predicted molar refractivity (Wildman–Crippen MR) is 121 cm³/mol. The maximum Gasteiger partial charge on any atom is 0.272 e. The second-order valence-corrected chi connectivity index (χ2v) is 8.06. The van der Waals surface area contributed by atoms with E-state index in [2.05, 4.69) is 15.6 Å². The summed E-state index contributed by atoms with van der Waals surface area (Å²) < 4.78 is 0. The number of carbonyl (C=O) groups excluding carboxylic acids is 3. The summed E-state index contributed by atoms with van der Waals surface area (Å²) in [6, 6.07) is 16.3. The fourth-order valence-electron chi connectivity index (χ4n) is 3.44. The molecule has 7 nitrogen and oxygen atoms in total. The molecule has 7 heteroatoms. The number of hydrogen-bond donors (Lipinski definition) is 2. The zero-order valence-corrected chi connectivity index (χ0v) is 18.3. The summed E-state index contributed by atoms with van der Waals surface area (Å²) in [5, 5.41) is 5.38. The summed E-state index contributed by atoms with van der Waals surface area (Å²) in [6.45, 7) is 5.46. The average molecular weight is 421 g/mol. The Morgan fingerprint density at radius 3 is 2.35 bits per heavy atom. The second kappa shape index (κ2) is 9.55. The monoisotopic (exact) mass is 420 g/mol. The number of nitrogens with one attached hydrogen (secondary N) is 2. The van der Waals surface area contributed by atoms with E-state index in [1.54, 1.807) is 14.0 Å². The highest BCUT2D eigenvalue weighted by molar-refractivity contribution is 6.20. The average Bonchev–Trinajstić information content (AvgIpc) is 2.84. The van der Waals surface area contributed by atoms with E-state index >= 15 is 0 Å². The smallest absolute Gasteiger partial charge is 0.272 e. The van der Waals surface area contributed by atoms with Crippen LogP contribution < -0.4 is 15.5 Å². The van der Waals surface area contributed by atoms with Gasteiger partial charge >= 0.3 is 0 Å². The number of fused-ring (bicyclic) bond motifs is 1. The fourth-order valence-corrected chi connectivity index (χ4v) is 3.44. The lowest BCUT2D eigenvalue weighted by Crippen LogP contribution is -2.52. The summed E-state index contributed by atoms with van der Waals surface area (Å²) >= 11 is 0. The zero-order valence-electron chi connectivity index (χ0n) is 18.3. The van der Waals surface area contributed by atoms with Crippen LogP contribution in [-0.4, -0.2) is 42.7 Å². The topological polar surface area (TPSA) is 90.9 Å². The third-order valence-corrected chi connectivity index (χ3v) is 5.03. The van der Waals surface area contributed by atoms with E-state index in [0.29, 0.717) is 17.8 Å². The molecule has 0 radical (unpaired) electrons. The van der Waals surface area contributed by atoms with Gasteiger partial charge in [-0.15, -0.1) is 0 Å². The number of anilines is 1. The molecular weight excluding hydrogens is 392 g/mol. The standard InChI is InChI=1S/C24H28N4O3/c1-15(2)14-20(29)25-16(3)23(30)27-22-24(31)28(4)19-13-9-8-12-18(19)21(26-22)17-10-6-5-7-11-17/h5-13,15-16,22H,14H2,1-4H3,(H,25,29)(H,27,30)/t16-,22?/m0/s1. The van der Waals surface area contributed by atoms with E-state index < -0.39 is 18.1 Å². The van der Waals surface area contributed by atoms with Gasteiger partial charge in [-0.3, -0.25) is 14.4 Å². The molecule has 1 aliphatic rings. The van der Waals surface area contributed by atoms with Gasteiger partial charge in [0.15, 0.2) is 0 Å². The molecule has 3 rings (SSSR count). The van der Waals surface area contributed by atoms with Crippen molar-refractivity contribution in [3.05, 3.63) is 65.7 Å². The van der Waals surface area contributed by atoms with Crippen LogP contribution in [0.15, 0.2) is 59.6 Å². The van der Waals surface area contributed by atoms with Crippen LogP contribution in [0.1, 0.15) is 38.3 Å². The third-order valence-electron chi connectivity index (χ3n) is 5.03. The molecule has 0 fully saturated rings. The Bertz CT molecular complexity index is 1000. The number of para-hydroxylation sites is 1. The number of hydrogen-bond acceptors (Lipinski definition) is 4. The molecule has 0 saturated carbocycles. The maximum absolute atomic E-state index is 13.1. The normalized spacial score (nSPS) is 16.8. The van der Waals surface area contributed by atoms with Crippen molar-refractivity contribution in [2.75, 3.05) is 11.9 Å². The van der Waals surface area contributed by atoms with E-state index in [1.165, 1.54) is 4.90 Å². The van der Waals surface area contributed by atoms with Gasteiger partial charge in [0.25, 0.3) is 5.91 Å². The van der Waals surface area contributed by atoms with Crippen LogP contribution in [0.25, 0.3) is 0 Å². The molecule has 0 spiro atoms. The Labute approximate surface area is 182 Å². The molecule has 0 bridgehead atoms. The van der Waals surface area contributed by atoms with Crippen molar-refractivity contribution in [2.45, 2.75) is 39.4 Å². The molecule has 162 valence electrons. The number of amides is 3. The first-order chi connectivity index (χ1) is 14.8. The minimum atomic E-state index is -1.11. The van der Waals surface area contributed by atoms with Crippen LogP contribution in [0.4, 0.5) is 5.69 Å². The van der Waals surface area contributed by atoms with E-state index in [1.807, 2.05) is 68.4 Å². The molecule has 0 aromatic heterocycles. The van der Waals surface area contributed by atoms with Gasteiger partial charge in [0, 0.05) is 24.6 Å². The fraction of sp³-hybridized carbons (Fsp3) is 0.333. The molecular formula is C24H28N4O3. The van der Waals surface area contributed by atoms with Crippen molar-refractivity contribution >= 4 is 29.1 Å². The lowest BCUT2D eigenvalue weighted by molar-refractivity contribution is -0.131. The van der Waals surface area contributed by atoms with Crippen LogP contribution in [0, 0.1) is 5.92 Å². The summed E-state index contributed by atoms with van der Waals surface area (Å²) in [4.78, 5) is 44.0. The van der Waals surface area contributed by atoms with Crippen LogP contribution in [0.2, 0.25) is 0 Å². The number of nitrogens with zero attached hydrogens (tertiary/aromatic N) is 2. The van der Waals surface area contributed by atoms with Gasteiger partial charge < -0.3 is 15.5 Å². The van der Waals surface area contributed by atoms with Gasteiger partial charge in [0.2, 0.25) is 18.0 Å². The van der Waals surface area contributed by atoms with Gasteiger partial charge in [-0.1, -0.05) is 62.4 Å². The van der Waals surface area contributed by atoms with Gasteiger partial charge in [-0.25, -0.2) is 4.99 Å². The predicted octanol–water partition coefficient (Wildman–Crippen LogP) is 2.49. The van der Waals surface area contributed by atoms with Gasteiger partial charge in [-0.2, -0.15) is 0 Å².